The number of ether oxygens (including phenoxy) is 2. The van der Waals surface area contributed by atoms with Crippen LogP contribution >= 0.6 is 0 Å². The summed E-state index contributed by atoms with van der Waals surface area (Å²) in [5.74, 6) is 0.572. The van der Waals surface area contributed by atoms with E-state index in [1.807, 2.05) is 24.3 Å². The van der Waals surface area contributed by atoms with E-state index in [2.05, 4.69) is 90.1 Å². The summed E-state index contributed by atoms with van der Waals surface area (Å²) in [5, 5.41) is 0. The lowest BCUT2D eigenvalue weighted by Gasteiger charge is -2.40. The van der Waals surface area contributed by atoms with Gasteiger partial charge in [-0.3, -0.25) is 0 Å². The quantitative estimate of drug-likeness (QED) is 0.236. The van der Waals surface area contributed by atoms with Crippen molar-refractivity contribution in [2.75, 3.05) is 0 Å². The van der Waals surface area contributed by atoms with E-state index in [4.69, 9.17) is 9.47 Å². The van der Waals surface area contributed by atoms with Gasteiger partial charge in [-0.15, -0.1) is 0 Å². The van der Waals surface area contributed by atoms with Crippen LogP contribution in [0.1, 0.15) is 99.1 Å². The van der Waals surface area contributed by atoms with Crippen LogP contribution in [0.25, 0.3) is 0 Å². The third kappa shape index (κ3) is 4.60. The summed E-state index contributed by atoms with van der Waals surface area (Å²) >= 11 is 0. The van der Waals surface area contributed by atoms with Crippen LogP contribution in [-0.2, 0) is 22.3 Å². The first-order valence-corrected chi connectivity index (χ1v) is 17.5. The average Bonchev–Trinajstić information content (AvgIpc) is 3.54. The number of fused-ring (bicyclic) bond motifs is 4. The minimum absolute atomic E-state index is 0.0492. The molecule has 4 heteroatoms. The molecule has 3 aromatic rings. The molecule has 0 heterocycles. The highest BCUT2D eigenvalue weighted by atomic mass is 16.6. The van der Waals surface area contributed by atoms with Gasteiger partial charge in [0.1, 0.15) is 12.2 Å². The van der Waals surface area contributed by atoms with Crippen LogP contribution in [0.15, 0.2) is 84.9 Å². The molecule has 3 aromatic carbocycles. The zero-order valence-electron chi connectivity index (χ0n) is 28.4. The van der Waals surface area contributed by atoms with Gasteiger partial charge in [0.15, 0.2) is 0 Å². The van der Waals surface area contributed by atoms with Crippen molar-refractivity contribution in [3.05, 3.63) is 107 Å². The minimum atomic E-state index is -0.416. The third-order valence-electron chi connectivity index (χ3n) is 14.3. The molecule has 0 amide bonds. The summed E-state index contributed by atoms with van der Waals surface area (Å²) < 4.78 is 13.1. The Kier molecular flexibility index (Phi) is 7.53. The first-order chi connectivity index (χ1) is 21.9. The lowest BCUT2D eigenvalue weighted by molar-refractivity contribution is -0.0439. The van der Waals surface area contributed by atoms with Gasteiger partial charge in [0.2, 0.25) is 0 Å². The predicted molar refractivity (Wildman–Crippen MR) is 181 cm³/mol. The highest BCUT2D eigenvalue weighted by Gasteiger charge is 2.68. The number of hydrogen-bond acceptors (Lipinski definition) is 4. The first kappa shape index (κ1) is 31.2. The van der Waals surface area contributed by atoms with Crippen molar-refractivity contribution >= 4 is 11.9 Å². The standard InChI is InChI=1S/C42H50O4/c1-39(2)33-21-23-41(39,5)35(31(33)25-27-15-9-7-10-16-27)45-37(43)29-19-13-14-20-30(29)38(44)46-36-32(26-28-17-11-8-12-18-28)34-22-24-42(36,6)40(34,3)4/h7-20,31-36H,21-26H2,1-6H3/t31-,32-,33+,34+,35-,36-,41-,42-/m1/s1. The Morgan fingerprint density at radius 1 is 0.565 bits per heavy atom. The molecule has 0 unspecified atom stereocenters. The van der Waals surface area contributed by atoms with Crippen LogP contribution in [-0.4, -0.2) is 24.1 Å². The lowest BCUT2D eigenvalue weighted by atomic mass is 9.70. The molecular weight excluding hydrogens is 568 g/mol. The number of rotatable bonds is 8. The maximum atomic E-state index is 14.2. The molecule has 4 saturated carbocycles. The average molecular weight is 619 g/mol. The Morgan fingerprint density at radius 2 is 0.913 bits per heavy atom. The Bertz CT molecular complexity index is 1490. The molecule has 0 N–H and O–H groups in total. The third-order valence-corrected chi connectivity index (χ3v) is 14.3. The molecule has 7 rings (SSSR count). The summed E-state index contributed by atoms with van der Waals surface area (Å²) in [6.45, 7) is 14.0. The van der Waals surface area contributed by atoms with E-state index < -0.39 is 11.9 Å². The fourth-order valence-electron chi connectivity index (χ4n) is 10.9. The van der Waals surface area contributed by atoms with Crippen LogP contribution < -0.4 is 0 Å². The van der Waals surface area contributed by atoms with Crippen molar-refractivity contribution in [2.24, 2.45) is 45.3 Å². The van der Waals surface area contributed by atoms with Crippen molar-refractivity contribution < 1.29 is 19.1 Å². The van der Waals surface area contributed by atoms with Gasteiger partial charge in [0, 0.05) is 22.7 Å². The molecule has 4 nitrogen and oxygen atoms in total. The lowest BCUT2D eigenvalue weighted by Crippen LogP contribution is -2.42. The van der Waals surface area contributed by atoms with Crippen LogP contribution in [0.3, 0.4) is 0 Å². The Labute approximate surface area is 275 Å². The van der Waals surface area contributed by atoms with E-state index in [1.165, 1.54) is 11.1 Å². The number of esters is 2. The second kappa shape index (κ2) is 11.1. The smallest absolute Gasteiger partial charge is 0.339 e. The number of carbonyl (C=O) groups is 2. The van der Waals surface area contributed by atoms with Crippen molar-refractivity contribution in [1.82, 2.24) is 0 Å². The van der Waals surface area contributed by atoms with E-state index >= 15 is 0 Å². The molecule has 4 fully saturated rings. The normalized spacial score (nSPS) is 34.8. The first-order valence-electron chi connectivity index (χ1n) is 17.5. The molecule has 242 valence electrons. The van der Waals surface area contributed by atoms with E-state index in [1.54, 1.807) is 12.1 Å². The molecule has 4 aliphatic carbocycles. The highest BCUT2D eigenvalue weighted by Crippen LogP contribution is 2.70. The Morgan fingerprint density at radius 3 is 1.28 bits per heavy atom. The summed E-state index contributed by atoms with van der Waals surface area (Å²) in [7, 11) is 0. The Hall–Kier alpha value is -3.40. The molecule has 4 bridgehead atoms. The zero-order valence-corrected chi connectivity index (χ0v) is 28.4. The van der Waals surface area contributed by atoms with Crippen molar-refractivity contribution in [3.63, 3.8) is 0 Å². The topological polar surface area (TPSA) is 52.6 Å². The molecule has 0 radical (unpaired) electrons. The summed E-state index contributed by atoms with van der Waals surface area (Å²) in [6, 6.07) is 28.2. The number of hydrogen-bond donors (Lipinski definition) is 0. The molecule has 0 aromatic heterocycles. The van der Waals surface area contributed by atoms with Gasteiger partial charge in [0.25, 0.3) is 0 Å². The van der Waals surface area contributed by atoms with Gasteiger partial charge >= 0.3 is 11.9 Å². The van der Waals surface area contributed by atoms with E-state index in [-0.39, 0.29) is 45.7 Å². The van der Waals surface area contributed by atoms with Gasteiger partial charge in [0.05, 0.1) is 11.1 Å². The van der Waals surface area contributed by atoms with Crippen LogP contribution in [0.4, 0.5) is 0 Å². The second-order valence-electron chi connectivity index (χ2n) is 16.5. The van der Waals surface area contributed by atoms with Crippen molar-refractivity contribution in [3.8, 4) is 0 Å². The van der Waals surface area contributed by atoms with Gasteiger partial charge in [-0.2, -0.15) is 0 Å². The fourth-order valence-corrected chi connectivity index (χ4v) is 10.9. The van der Waals surface area contributed by atoms with Gasteiger partial charge in [-0.05, 0) is 84.5 Å². The molecule has 46 heavy (non-hydrogen) atoms. The maximum Gasteiger partial charge on any atom is 0.339 e. The molecule has 8 atom stereocenters. The Balaban J connectivity index is 1.15. The summed E-state index contributed by atoms with van der Waals surface area (Å²) in [6.07, 6.45) is 5.70. The fraction of sp³-hybridized carbons (Fsp3) is 0.524. The monoisotopic (exact) mass is 618 g/mol. The summed E-state index contributed by atoms with van der Waals surface area (Å²) in [4.78, 5) is 28.3. The van der Waals surface area contributed by atoms with Crippen LogP contribution in [0, 0.1) is 45.3 Å². The van der Waals surface area contributed by atoms with E-state index in [0.717, 1.165) is 38.5 Å². The number of carbonyl (C=O) groups excluding carboxylic acids is 2. The molecule has 0 spiro atoms. The van der Waals surface area contributed by atoms with Crippen molar-refractivity contribution in [2.45, 2.75) is 92.3 Å². The maximum absolute atomic E-state index is 14.2. The minimum Gasteiger partial charge on any atom is -0.458 e. The second-order valence-corrected chi connectivity index (χ2v) is 16.5. The van der Waals surface area contributed by atoms with E-state index in [9.17, 15) is 9.59 Å². The molecule has 0 aliphatic heterocycles. The predicted octanol–water partition coefficient (Wildman–Crippen LogP) is 9.37. The SMILES string of the molecule is CC1(C)[C@H]2CC[C@]1(C)[C@H](OC(=O)c1ccccc1C(=O)O[C@@H]1[C@H](Cc3ccccc3)[C@@H]3CC[C@@]1(C)C3(C)C)[C@@H]2Cc1ccccc1. The van der Waals surface area contributed by atoms with Crippen molar-refractivity contribution in [1.29, 1.82) is 0 Å². The number of benzene rings is 3. The highest BCUT2D eigenvalue weighted by molar-refractivity contribution is 6.03. The van der Waals surface area contributed by atoms with Gasteiger partial charge in [-0.25, -0.2) is 9.59 Å². The van der Waals surface area contributed by atoms with E-state index in [0.29, 0.717) is 23.0 Å². The van der Waals surface area contributed by atoms with Crippen LogP contribution in [0.5, 0.6) is 0 Å². The van der Waals surface area contributed by atoms with Crippen LogP contribution in [0.2, 0.25) is 0 Å². The van der Waals surface area contributed by atoms with Gasteiger partial charge in [-0.1, -0.05) is 114 Å². The van der Waals surface area contributed by atoms with Gasteiger partial charge < -0.3 is 9.47 Å². The molecule has 4 aliphatic rings. The zero-order chi connectivity index (χ0) is 32.5. The largest absolute Gasteiger partial charge is 0.458 e. The summed E-state index contributed by atoms with van der Waals surface area (Å²) in [5.41, 5.74) is 3.01. The molecular formula is C42H50O4. The molecule has 0 saturated heterocycles.